The minimum atomic E-state index is 0.0855. The van der Waals surface area contributed by atoms with Crippen molar-refractivity contribution in [2.45, 2.75) is 6.54 Å². The van der Waals surface area contributed by atoms with E-state index in [1.165, 1.54) is 5.56 Å². The molecule has 1 N–H and O–H groups in total. The molecule has 0 saturated carbocycles. The molecule has 0 aromatic heterocycles. The van der Waals surface area contributed by atoms with E-state index in [1.807, 2.05) is 19.2 Å². The second-order valence-electron chi connectivity index (χ2n) is 3.92. The molecule has 0 saturated heterocycles. The zero-order valence-corrected chi connectivity index (χ0v) is 10.6. The first-order chi connectivity index (χ1) is 8.26. The molecule has 1 rings (SSSR count). The predicted molar refractivity (Wildman–Crippen MR) is 67.2 cm³/mol. The highest BCUT2D eigenvalue weighted by molar-refractivity contribution is 5.26. The Labute approximate surface area is 103 Å². The van der Waals surface area contributed by atoms with Crippen molar-refractivity contribution in [3.05, 3.63) is 29.8 Å². The van der Waals surface area contributed by atoms with E-state index in [-0.39, 0.29) is 6.61 Å². The first kappa shape index (κ1) is 14.0. The van der Waals surface area contributed by atoms with Gasteiger partial charge in [-0.3, -0.25) is 4.90 Å². The molecular weight excluding hydrogens is 218 g/mol. The van der Waals surface area contributed by atoms with E-state index in [9.17, 15) is 0 Å². The van der Waals surface area contributed by atoms with Crippen molar-refractivity contribution in [2.75, 3.05) is 40.5 Å². The molecule has 0 aliphatic carbocycles. The van der Waals surface area contributed by atoms with Crippen LogP contribution < -0.4 is 4.74 Å². The second-order valence-corrected chi connectivity index (χ2v) is 3.92. The van der Waals surface area contributed by atoms with Crippen LogP contribution in [0, 0.1) is 0 Å². The van der Waals surface area contributed by atoms with E-state index >= 15 is 0 Å². The summed E-state index contributed by atoms with van der Waals surface area (Å²) in [4.78, 5) is 2.18. The molecule has 0 aliphatic heterocycles. The highest BCUT2D eigenvalue weighted by Gasteiger charge is 2.00. The molecule has 0 spiro atoms. The number of hydrogen-bond donors (Lipinski definition) is 1. The summed E-state index contributed by atoms with van der Waals surface area (Å²) >= 11 is 0. The van der Waals surface area contributed by atoms with Gasteiger partial charge in [-0.05, 0) is 24.7 Å². The average Bonchev–Trinajstić information content (AvgIpc) is 2.36. The quantitative estimate of drug-likeness (QED) is 0.691. The molecule has 4 heteroatoms. The van der Waals surface area contributed by atoms with E-state index in [0.29, 0.717) is 13.2 Å². The summed E-state index contributed by atoms with van der Waals surface area (Å²) in [5.41, 5.74) is 1.25. The van der Waals surface area contributed by atoms with Crippen LogP contribution in [-0.4, -0.2) is 50.5 Å². The van der Waals surface area contributed by atoms with Crippen molar-refractivity contribution < 1.29 is 14.6 Å². The van der Waals surface area contributed by atoms with Gasteiger partial charge in [0.05, 0.1) is 26.9 Å². The zero-order valence-electron chi connectivity index (χ0n) is 10.6. The van der Waals surface area contributed by atoms with Crippen LogP contribution in [0.5, 0.6) is 5.75 Å². The van der Waals surface area contributed by atoms with E-state index in [0.717, 1.165) is 18.8 Å². The summed E-state index contributed by atoms with van der Waals surface area (Å²) in [6, 6.07) is 8.05. The molecule has 4 nitrogen and oxygen atoms in total. The number of hydrogen-bond acceptors (Lipinski definition) is 4. The van der Waals surface area contributed by atoms with Crippen molar-refractivity contribution in [1.29, 1.82) is 0 Å². The monoisotopic (exact) mass is 239 g/mol. The van der Waals surface area contributed by atoms with Gasteiger partial charge >= 0.3 is 0 Å². The minimum Gasteiger partial charge on any atom is -0.497 e. The molecule has 1 aromatic carbocycles. The molecule has 17 heavy (non-hydrogen) atoms. The summed E-state index contributed by atoms with van der Waals surface area (Å²) in [7, 11) is 3.71. The lowest BCUT2D eigenvalue weighted by molar-refractivity contribution is 0.0773. The van der Waals surface area contributed by atoms with E-state index in [1.54, 1.807) is 7.11 Å². The summed E-state index contributed by atoms with van der Waals surface area (Å²) in [5, 5.41) is 8.57. The van der Waals surface area contributed by atoms with Crippen LogP contribution in [0.25, 0.3) is 0 Å². The summed E-state index contributed by atoms with van der Waals surface area (Å²) in [5.74, 6) is 0.877. The maximum atomic E-state index is 8.57. The number of aliphatic hydroxyl groups excluding tert-OH is 1. The number of aliphatic hydroxyl groups is 1. The van der Waals surface area contributed by atoms with Gasteiger partial charge in [0, 0.05) is 13.1 Å². The Hall–Kier alpha value is -1.10. The van der Waals surface area contributed by atoms with Gasteiger partial charge in [-0.1, -0.05) is 12.1 Å². The third kappa shape index (κ3) is 5.68. The molecule has 0 unspecified atom stereocenters. The number of rotatable bonds is 8. The van der Waals surface area contributed by atoms with Crippen LogP contribution in [0.2, 0.25) is 0 Å². The topological polar surface area (TPSA) is 41.9 Å². The molecule has 0 radical (unpaired) electrons. The molecule has 0 heterocycles. The number of benzene rings is 1. The highest BCUT2D eigenvalue weighted by atomic mass is 16.5. The van der Waals surface area contributed by atoms with Crippen molar-refractivity contribution in [3.8, 4) is 5.75 Å². The molecule has 96 valence electrons. The molecule has 0 atom stereocenters. The fraction of sp³-hybridized carbons (Fsp3) is 0.538. The maximum Gasteiger partial charge on any atom is 0.118 e. The summed E-state index contributed by atoms with van der Waals surface area (Å²) in [6.45, 7) is 2.88. The Kier molecular flexibility index (Phi) is 6.62. The fourth-order valence-corrected chi connectivity index (χ4v) is 1.51. The van der Waals surface area contributed by atoms with Gasteiger partial charge < -0.3 is 14.6 Å². The SMILES string of the molecule is COc1ccc(CN(C)CCOCCO)cc1. The Morgan fingerprint density at radius 2 is 1.88 bits per heavy atom. The van der Waals surface area contributed by atoms with Gasteiger partial charge in [-0.15, -0.1) is 0 Å². The van der Waals surface area contributed by atoms with Crippen LogP contribution in [-0.2, 0) is 11.3 Å². The molecular formula is C13H21NO3. The highest BCUT2D eigenvalue weighted by Crippen LogP contribution is 2.12. The van der Waals surface area contributed by atoms with Crippen molar-refractivity contribution >= 4 is 0 Å². The smallest absolute Gasteiger partial charge is 0.118 e. The number of likely N-dealkylation sites (N-methyl/N-ethyl adjacent to an activating group) is 1. The molecule has 0 bridgehead atoms. The van der Waals surface area contributed by atoms with Gasteiger partial charge in [0.25, 0.3) is 0 Å². The van der Waals surface area contributed by atoms with E-state index in [4.69, 9.17) is 14.6 Å². The lowest BCUT2D eigenvalue weighted by Crippen LogP contribution is -2.23. The van der Waals surface area contributed by atoms with Crippen molar-refractivity contribution in [2.24, 2.45) is 0 Å². The average molecular weight is 239 g/mol. The van der Waals surface area contributed by atoms with Crippen molar-refractivity contribution in [1.82, 2.24) is 4.90 Å². The Morgan fingerprint density at radius 3 is 2.47 bits per heavy atom. The maximum absolute atomic E-state index is 8.57. The molecule has 0 amide bonds. The largest absolute Gasteiger partial charge is 0.497 e. The van der Waals surface area contributed by atoms with Crippen LogP contribution >= 0.6 is 0 Å². The number of methoxy groups -OCH3 is 1. The standard InChI is InChI=1S/C13H21NO3/c1-14(7-9-17-10-8-15)11-12-3-5-13(16-2)6-4-12/h3-6,15H,7-11H2,1-2H3. The minimum absolute atomic E-state index is 0.0855. The normalized spacial score (nSPS) is 10.8. The lowest BCUT2D eigenvalue weighted by Gasteiger charge is -2.16. The molecule has 1 aromatic rings. The third-order valence-corrected chi connectivity index (χ3v) is 2.46. The Bertz CT molecular complexity index is 300. The van der Waals surface area contributed by atoms with Crippen molar-refractivity contribution in [3.63, 3.8) is 0 Å². The van der Waals surface area contributed by atoms with Gasteiger partial charge in [0.1, 0.15) is 5.75 Å². The van der Waals surface area contributed by atoms with E-state index < -0.39 is 0 Å². The Balaban J connectivity index is 2.26. The van der Waals surface area contributed by atoms with Gasteiger partial charge in [0.15, 0.2) is 0 Å². The van der Waals surface area contributed by atoms with Crippen LogP contribution in [0.4, 0.5) is 0 Å². The second kappa shape index (κ2) is 8.06. The van der Waals surface area contributed by atoms with Crippen LogP contribution in [0.3, 0.4) is 0 Å². The lowest BCUT2D eigenvalue weighted by atomic mass is 10.2. The Morgan fingerprint density at radius 1 is 1.18 bits per heavy atom. The van der Waals surface area contributed by atoms with Gasteiger partial charge in [-0.2, -0.15) is 0 Å². The molecule has 0 aliphatic rings. The fourth-order valence-electron chi connectivity index (χ4n) is 1.51. The first-order valence-electron chi connectivity index (χ1n) is 5.76. The van der Waals surface area contributed by atoms with Gasteiger partial charge in [-0.25, -0.2) is 0 Å². The zero-order chi connectivity index (χ0) is 12.5. The van der Waals surface area contributed by atoms with Crippen LogP contribution in [0.1, 0.15) is 5.56 Å². The summed E-state index contributed by atoms with van der Waals surface area (Å²) in [6.07, 6.45) is 0. The van der Waals surface area contributed by atoms with Gasteiger partial charge in [0.2, 0.25) is 0 Å². The van der Waals surface area contributed by atoms with Crippen LogP contribution in [0.15, 0.2) is 24.3 Å². The van der Waals surface area contributed by atoms with E-state index in [2.05, 4.69) is 17.0 Å². The third-order valence-electron chi connectivity index (χ3n) is 2.46. The number of nitrogens with zero attached hydrogens (tertiary/aromatic N) is 1. The molecule has 0 fully saturated rings. The number of ether oxygens (including phenoxy) is 2. The summed E-state index contributed by atoms with van der Waals surface area (Å²) < 4.78 is 10.3. The predicted octanol–water partition coefficient (Wildman–Crippen LogP) is 1.14. The first-order valence-corrected chi connectivity index (χ1v) is 5.76.